The highest BCUT2D eigenvalue weighted by Gasteiger charge is 2.41. The number of aromatic nitrogens is 4. The molecule has 0 fully saturated rings. The zero-order valence-corrected chi connectivity index (χ0v) is 38.8. The maximum absolute atomic E-state index is 5.49. The number of nitrogens with zero attached hydrogens (tertiary/aromatic N) is 4. The molecule has 5 heteroatoms. The largest absolute Gasteiger partial charge is 0.308 e. The van der Waals surface area contributed by atoms with Crippen LogP contribution in [0.5, 0.6) is 0 Å². The second-order valence-corrected chi connectivity index (χ2v) is 21.0. The van der Waals surface area contributed by atoms with E-state index < -0.39 is 0 Å². The predicted molar refractivity (Wildman–Crippen MR) is 283 cm³/mol. The molecular weight excluding hydrogens is 845 g/mol. The van der Waals surface area contributed by atoms with Gasteiger partial charge in [-0.15, -0.1) is 11.3 Å². The van der Waals surface area contributed by atoms with Crippen LogP contribution in [0.15, 0.2) is 182 Å². The first-order valence-electron chi connectivity index (χ1n) is 23.6. The Morgan fingerprint density at radius 2 is 1.00 bits per heavy atom. The van der Waals surface area contributed by atoms with Crippen molar-refractivity contribution in [2.45, 2.75) is 38.5 Å². The van der Waals surface area contributed by atoms with Gasteiger partial charge in [-0.3, -0.25) is 0 Å². The van der Waals surface area contributed by atoms with Crippen LogP contribution in [0.1, 0.15) is 49.9 Å². The van der Waals surface area contributed by atoms with Gasteiger partial charge in [0, 0.05) is 69.6 Å². The highest BCUT2D eigenvalue weighted by molar-refractivity contribution is 7.25. The van der Waals surface area contributed by atoms with Gasteiger partial charge in [0.25, 0.3) is 0 Å². The molecule has 0 atom stereocenters. The van der Waals surface area contributed by atoms with Crippen LogP contribution in [-0.2, 0) is 10.8 Å². The van der Waals surface area contributed by atoms with E-state index in [0.29, 0.717) is 17.5 Å². The van der Waals surface area contributed by atoms with Crippen LogP contribution in [-0.4, -0.2) is 19.5 Å². The average molecular weight is 887 g/mol. The molecule has 68 heavy (non-hydrogen) atoms. The molecule has 0 amide bonds. The van der Waals surface area contributed by atoms with Crippen LogP contribution in [0, 0.1) is 0 Å². The number of para-hydroxylation sites is 1. The van der Waals surface area contributed by atoms with Crippen LogP contribution in [0.25, 0.3) is 126 Å². The van der Waals surface area contributed by atoms with Gasteiger partial charge in [-0.1, -0.05) is 173 Å². The maximum Gasteiger partial charge on any atom is 0.164 e. The van der Waals surface area contributed by atoms with Gasteiger partial charge in [-0.2, -0.15) is 0 Å². The first kappa shape index (κ1) is 38.1. The first-order valence-corrected chi connectivity index (χ1v) is 24.4. The van der Waals surface area contributed by atoms with E-state index in [1.165, 1.54) is 103 Å². The SMILES string of the molecule is CC1(C)c2ccccc2-c2ccc(-c3nc(-c4ccccc4-c4ccc5c(c4)-c4cccc6c4-c4c(ccc7c8ccccc8n-5c47)C6(C)C)nc(-c4cccc5sc6ccccc6c45)n3)cc21. The fraction of sp³-hybridized carbons (Fsp3) is 0.0952. The number of hydrogen-bond donors (Lipinski definition) is 0. The lowest BCUT2D eigenvalue weighted by Crippen LogP contribution is -2.15. The minimum Gasteiger partial charge on any atom is -0.308 e. The summed E-state index contributed by atoms with van der Waals surface area (Å²) >= 11 is 1.81. The van der Waals surface area contributed by atoms with Gasteiger partial charge in [-0.05, 0) is 92.0 Å². The first-order chi connectivity index (χ1) is 33.2. The van der Waals surface area contributed by atoms with Gasteiger partial charge in [0.05, 0.1) is 16.7 Å². The van der Waals surface area contributed by atoms with Crippen molar-refractivity contribution in [1.29, 1.82) is 0 Å². The van der Waals surface area contributed by atoms with E-state index in [0.717, 1.165) is 27.8 Å². The summed E-state index contributed by atoms with van der Waals surface area (Å²) in [6.07, 6.45) is 0. The van der Waals surface area contributed by atoms with E-state index in [4.69, 9.17) is 15.0 Å². The Morgan fingerprint density at radius 3 is 1.88 bits per heavy atom. The van der Waals surface area contributed by atoms with Crippen molar-refractivity contribution in [3.63, 3.8) is 0 Å². The lowest BCUT2D eigenvalue weighted by atomic mass is 9.81. The normalized spacial score (nSPS) is 14.4. The highest BCUT2D eigenvalue weighted by Crippen LogP contribution is 2.58. The molecule has 0 unspecified atom stereocenters. The molecule has 320 valence electrons. The summed E-state index contributed by atoms with van der Waals surface area (Å²) in [6, 6.07) is 67.1. The molecule has 0 saturated heterocycles. The van der Waals surface area contributed by atoms with E-state index >= 15 is 0 Å². The van der Waals surface area contributed by atoms with Gasteiger partial charge in [0.1, 0.15) is 0 Å². The van der Waals surface area contributed by atoms with Crippen molar-refractivity contribution in [2.75, 3.05) is 0 Å². The molecule has 15 rings (SSSR count). The summed E-state index contributed by atoms with van der Waals surface area (Å²) in [5.74, 6) is 1.97. The molecule has 0 saturated carbocycles. The molecule has 9 aromatic carbocycles. The Balaban J connectivity index is 0.966. The van der Waals surface area contributed by atoms with Gasteiger partial charge < -0.3 is 4.57 Å². The van der Waals surface area contributed by atoms with Crippen molar-refractivity contribution in [3.05, 3.63) is 204 Å². The smallest absolute Gasteiger partial charge is 0.164 e. The topological polar surface area (TPSA) is 43.6 Å². The number of hydrogen-bond acceptors (Lipinski definition) is 4. The van der Waals surface area contributed by atoms with Crippen molar-refractivity contribution < 1.29 is 0 Å². The Morgan fingerprint density at radius 1 is 0.382 bits per heavy atom. The van der Waals surface area contributed by atoms with Gasteiger partial charge in [0.2, 0.25) is 0 Å². The molecule has 12 aromatic rings. The van der Waals surface area contributed by atoms with Crippen LogP contribution >= 0.6 is 11.3 Å². The van der Waals surface area contributed by atoms with E-state index in [1.54, 1.807) is 0 Å². The molecule has 1 aliphatic heterocycles. The van der Waals surface area contributed by atoms with E-state index in [1.807, 2.05) is 11.3 Å². The number of thiophene rings is 1. The monoisotopic (exact) mass is 886 g/mol. The number of rotatable bonds is 4. The lowest BCUT2D eigenvalue weighted by molar-refractivity contribution is 0.660. The van der Waals surface area contributed by atoms with Crippen molar-refractivity contribution in [2.24, 2.45) is 0 Å². The van der Waals surface area contributed by atoms with Gasteiger partial charge in [-0.25, -0.2) is 15.0 Å². The average Bonchev–Trinajstić information content (AvgIpc) is 4.04. The summed E-state index contributed by atoms with van der Waals surface area (Å²) in [6.45, 7) is 9.43. The number of benzene rings is 9. The van der Waals surface area contributed by atoms with Crippen molar-refractivity contribution in [1.82, 2.24) is 19.5 Å². The highest BCUT2D eigenvalue weighted by atomic mass is 32.1. The minimum absolute atomic E-state index is 0.135. The van der Waals surface area contributed by atoms with E-state index in [2.05, 4.69) is 214 Å². The Bertz CT molecular complexity index is 4220. The minimum atomic E-state index is -0.171. The zero-order chi connectivity index (χ0) is 45.2. The zero-order valence-electron chi connectivity index (χ0n) is 38.0. The molecule has 4 heterocycles. The molecule has 0 spiro atoms. The third-order valence-corrected chi connectivity index (χ3v) is 16.8. The molecule has 0 radical (unpaired) electrons. The second kappa shape index (κ2) is 13.3. The fourth-order valence-corrected chi connectivity index (χ4v) is 13.5. The Hall–Kier alpha value is -7.99. The van der Waals surface area contributed by atoms with Crippen molar-refractivity contribution in [3.8, 4) is 84.4 Å². The Kier molecular flexibility index (Phi) is 7.48. The summed E-state index contributed by atoms with van der Waals surface area (Å²) in [7, 11) is 0. The standard InChI is InChI=1S/C63H42N4S/c1-62(2)47-22-10-7-16-38(47)39-29-27-36(34-50(39)62)59-64-60(66-61(65-59)45-21-14-26-54-55(45)44-19-9-12-25-53(44)68-54)43-18-6-5-15-37(43)35-28-32-52-46(33-35)41-20-13-23-48-56(41)57-49(63(48,3)4)31-30-42-40-17-8-11-24-51(40)67(52)58(42)57/h5-34H,1-4H3. The quantitative estimate of drug-likeness (QED) is 0.177. The second-order valence-electron chi connectivity index (χ2n) is 19.9. The van der Waals surface area contributed by atoms with Crippen LogP contribution in [0.3, 0.4) is 0 Å². The summed E-state index contributed by atoms with van der Waals surface area (Å²) in [4.78, 5) is 16.4. The molecule has 0 bridgehead atoms. The van der Waals surface area contributed by atoms with Gasteiger partial charge >= 0.3 is 0 Å². The molecule has 3 aliphatic rings. The summed E-state index contributed by atoms with van der Waals surface area (Å²) < 4.78 is 5.00. The van der Waals surface area contributed by atoms with Crippen molar-refractivity contribution >= 4 is 53.3 Å². The fourth-order valence-electron chi connectivity index (χ4n) is 12.4. The Labute approximate surface area is 397 Å². The van der Waals surface area contributed by atoms with Crippen LogP contribution in [0.4, 0.5) is 0 Å². The van der Waals surface area contributed by atoms with Gasteiger partial charge in [0.15, 0.2) is 17.5 Å². The molecule has 2 aliphatic carbocycles. The molecule has 4 nitrogen and oxygen atoms in total. The van der Waals surface area contributed by atoms with Crippen LogP contribution < -0.4 is 0 Å². The maximum atomic E-state index is 5.49. The molecule has 0 N–H and O–H groups in total. The molecular formula is C63H42N4S. The van der Waals surface area contributed by atoms with E-state index in [-0.39, 0.29) is 10.8 Å². The van der Waals surface area contributed by atoms with E-state index in [9.17, 15) is 0 Å². The lowest BCUT2D eigenvalue weighted by Gasteiger charge is -2.23. The summed E-state index contributed by atoms with van der Waals surface area (Å²) in [5, 5.41) is 4.96. The number of fused-ring (bicyclic) bond motifs is 12. The predicted octanol–water partition coefficient (Wildman–Crippen LogP) is 16.6. The molecule has 3 aromatic heterocycles. The third-order valence-electron chi connectivity index (χ3n) is 15.6. The third kappa shape index (κ3) is 4.96. The summed E-state index contributed by atoms with van der Waals surface area (Å²) in [5.41, 5.74) is 21.7. The van der Waals surface area contributed by atoms with Crippen LogP contribution in [0.2, 0.25) is 0 Å².